The van der Waals surface area contributed by atoms with Crippen molar-refractivity contribution in [1.82, 2.24) is 4.90 Å². The third kappa shape index (κ3) is 4.80. The highest BCUT2D eigenvalue weighted by Crippen LogP contribution is 2.54. The molecule has 0 unspecified atom stereocenters. The molecule has 0 spiro atoms. The average molecular weight is 557 g/mol. The van der Waals surface area contributed by atoms with Crippen LogP contribution in [0.25, 0.3) is 0 Å². The van der Waals surface area contributed by atoms with Gasteiger partial charge in [-0.15, -0.1) is 0 Å². The van der Waals surface area contributed by atoms with Gasteiger partial charge in [-0.25, -0.2) is 4.39 Å². The van der Waals surface area contributed by atoms with E-state index in [1.54, 1.807) is 30.3 Å². The molecule has 7 heteroatoms. The average Bonchev–Trinajstić information content (AvgIpc) is 2.79. The molecule has 0 N–H and O–H groups in total. The molecule has 2 aliphatic carbocycles. The standard InChI is InChI=1S/C31H32Cl2FNO3/c1-30(2)12-22-27(24(36)14-30)26(28-23(35(22)5)13-31(3,4)15-25(28)37)18-10-19(32)29(20(33)11-18)38-16-17-8-6-7-9-21(17)34/h6-11,26H,12-16H2,1-5H3. The second-order valence-electron chi connectivity index (χ2n) is 12.3. The van der Waals surface area contributed by atoms with Crippen LogP contribution >= 0.6 is 23.2 Å². The van der Waals surface area contributed by atoms with Gasteiger partial charge in [0.05, 0.1) is 10.0 Å². The second kappa shape index (κ2) is 9.53. The van der Waals surface area contributed by atoms with Gasteiger partial charge in [-0.05, 0) is 47.4 Å². The molecule has 0 bridgehead atoms. The van der Waals surface area contributed by atoms with Crippen molar-refractivity contribution in [3.63, 3.8) is 0 Å². The first-order chi connectivity index (χ1) is 17.8. The van der Waals surface area contributed by atoms with Crippen molar-refractivity contribution in [3.8, 4) is 5.75 Å². The molecule has 3 aliphatic rings. The number of carbonyl (C=O) groups excluding carboxylic acids is 2. The second-order valence-corrected chi connectivity index (χ2v) is 13.1. The number of hydrogen-bond donors (Lipinski definition) is 0. The van der Waals surface area contributed by atoms with E-state index in [-0.39, 0.29) is 50.6 Å². The Bertz CT molecular complexity index is 1340. The zero-order valence-corrected chi connectivity index (χ0v) is 23.9. The molecule has 0 atom stereocenters. The van der Waals surface area contributed by atoms with Crippen LogP contribution in [0.4, 0.5) is 4.39 Å². The van der Waals surface area contributed by atoms with E-state index < -0.39 is 5.92 Å². The first-order valence-corrected chi connectivity index (χ1v) is 13.6. The number of ketones is 2. The van der Waals surface area contributed by atoms with E-state index in [1.807, 2.05) is 7.05 Å². The molecule has 5 rings (SSSR count). The van der Waals surface area contributed by atoms with Crippen molar-refractivity contribution in [2.45, 2.75) is 65.9 Å². The molecule has 1 aliphatic heterocycles. The zero-order chi connectivity index (χ0) is 27.6. The summed E-state index contributed by atoms with van der Waals surface area (Å²) in [4.78, 5) is 29.4. The molecule has 4 nitrogen and oxygen atoms in total. The minimum Gasteiger partial charge on any atom is -0.486 e. The summed E-state index contributed by atoms with van der Waals surface area (Å²) in [5.74, 6) is -0.587. The molecule has 0 aromatic heterocycles. The van der Waals surface area contributed by atoms with Crippen LogP contribution in [0, 0.1) is 16.6 Å². The highest BCUT2D eigenvalue weighted by atomic mass is 35.5. The maximum atomic E-state index is 14.1. The Kier molecular flexibility index (Phi) is 6.76. The van der Waals surface area contributed by atoms with E-state index in [2.05, 4.69) is 32.6 Å². The summed E-state index contributed by atoms with van der Waals surface area (Å²) in [6, 6.07) is 9.81. The normalized spacial score (nSPS) is 21.0. The van der Waals surface area contributed by atoms with Gasteiger partial charge in [0.2, 0.25) is 0 Å². The predicted octanol–water partition coefficient (Wildman–Crippen LogP) is 8.03. The van der Waals surface area contributed by atoms with Gasteiger partial charge in [0.25, 0.3) is 0 Å². The number of rotatable bonds is 4. The first kappa shape index (κ1) is 27.0. The van der Waals surface area contributed by atoms with Crippen molar-refractivity contribution in [1.29, 1.82) is 0 Å². The van der Waals surface area contributed by atoms with Crippen molar-refractivity contribution >= 4 is 34.8 Å². The lowest BCUT2D eigenvalue weighted by Gasteiger charge is -2.48. The van der Waals surface area contributed by atoms with Crippen molar-refractivity contribution < 1.29 is 18.7 Å². The zero-order valence-electron chi connectivity index (χ0n) is 22.4. The summed E-state index contributed by atoms with van der Waals surface area (Å²) >= 11 is 13.4. The molecule has 0 fully saturated rings. The van der Waals surface area contributed by atoms with Crippen LogP contribution in [0.5, 0.6) is 5.75 Å². The predicted molar refractivity (Wildman–Crippen MR) is 148 cm³/mol. The van der Waals surface area contributed by atoms with Crippen molar-refractivity contribution in [2.24, 2.45) is 10.8 Å². The molecule has 2 aromatic carbocycles. The van der Waals surface area contributed by atoms with Gasteiger partial charge in [-0.2, -0.15) is 0 Å². The first-order valence-electron chi connectivity index (χ1n) is 12.9. The fourth-order valence-corrected chi connectivity index (χ4v) is 6.76. The number of nitrogens with zero attached hydrogens (tertiary/aromatic N) is 1. The number of allylic oxidation sites excluding steroid dienone is 4. The third-order valence-corrected chi connectivity index (χ3v) is 8.43. The fourth-order valence-electron chi connectivity index (χ4n) is 6.15. The van der Waals surface area contributed by atoms with E-state index in [0.29, 0.717) is 35.1 Å². The highest BCUT2D eigenvalue weighted by Gasteiger charge is 2.48. The summed E-state index contributed by atoms with van der Waals surface area (Å²) in [5.41, 5.74) is 3.96. The van der Waals surface area contributed by atoms with E-state index in [1.165, 1.54) is 6.07 Å². The van der Waals surface area contributed by atoms with E-state index in [0.717, 1.165) is 24.2 Å². The maximum absolute atomic E-state index is 14.1. The third-order valence-electron chi connectivity index (χ3n) is 7.86. The van der Waals surface area contributed by atoms with E-state index in [4.69, 9.17) is 27.9 Å². The van der Waals surface area contributed by atoms with Crippen LogP contribution in [0.1, 0.15) is 70.4 Å². The lowest BCUT2D eigenvalue weighted by atomic mass is 9.64. The molecule has 38 heavy (non-hydrogen) atoms. The Morgan fingerprint density at radius 2 is 1.39 bits per heavy atom. The van der Waals surface area contributed by atoms with E-state index >= 15 is 0 Å². The Morgan fingerprint density at radius 3 is 1.89 bits per heavy atom. The molecule has 2 aromatic rings. The number of carbonyl (C=O) groups is 2. The van der Waals surface area contributed by atoms with Crippen LogP contribution in [0.15, 0.2) is 58.9 Å². The Balaban J connectivity index is 1.61. The summed E-state index contributed by atoms with van der Waals surface area (Å²) in [6.07, 6.45) is 2.28. The number of Topliss-reactive ketones (excluding diaryl/α,β-unsaturated/α-hetero) is 2. The smallest absolute Gasteiger partial charge is 0.162 e. The van der Waals surface area contributed by atoms with Gasteiger partial charge < -0.3 is 9.64 Å². The van der Waals surface area contributed by atoms with Crippen LogP contribution in [0.3, 0.4) is 0 Å². The van der Waals surface area contributed by atoms with Crippen molar-refractivity contribution in [3.05, 3.63) is 85.9 Å². The number of hydrogen-bond acceptors (Lipinski definition) is 4. The molecule has 1 heterocycles. The molecule has 0 radical (unpaired) electrons. The van der Waals surface area contributed by atoms with Crippen LogP contribution in [0.2, 0.25) is 10.0 Å². The van der Waals surface area contributed by atoms with Gasteiger partial charge in [0, 0.05) is 53.9 Å². The number of benzene rings is 2. The van der Waals surface area contributed by atoms with Gasteiger partial charge in [-0.1, -0.05) is 69.1 Å². The topological polar surface area (TPSA) is 46.6 Å². The summed E-state index contributed by atoms with van der Waals surface area (Å²) in [7, 11) is 1.98. The van der Waals surface area contributed by atoms with Crippen LogP contribution in [-0.2, 0) is 16.2 Å². The maximum Gasteiger partial charge on any atom is 0.162 e. The summed E-state index contributed by atoms with van der Waals surface area (Å²) < 4.78 is 19.9. The lowest BCUT2D eigenvalue weighted by Crippen LogP contribution is -2.43. The molecule has 200 valence electrons. The van der Waals surface area contributed by atoms with Gasteiger partial charge in [-0.3, -0.25) is 9.59 Å². The van der Waals surface area contributed by atoms with Crippen LogP contribution < -0.4 is 4.74 Å². The minimum absolute atomic E-state index is 0.0363. The molecular weight excluding hydrogens is 524 g/mol. The van der Waals surface area contributed by atoms with Crippen LogP contribution in [-0.4, -0.2) is 23.5 Å². The molecular formula is C31H32Cl2FNO3. The Morgan fingerprint density at radius 1 is 0.895 bits per heavy atom. The van der Waals surface area contributed by atoms with Gasteiger partial charge >= 0.3 is 0 Å². The summed E-state index contributed by atoms with van der Waals surface area (Å²) in [6.45, 7) is 8.38. The molecule has 0 saturated carbocycles. The monoisotopic (exact) mass is 555 g/mol. The van der Waals surface area contributed by atoms with E-state index in [9.17, 15) is 14.0 Å². The molecule has 0 saturated heterocycles. The fraction of sp³-hybridized carbons (Fsp3) is 0.419. The van der Waals surface area contributed by atoms with Gasteiger partial charge in [0.1, 0.15) is 12.4 Å². The number of ether oxygens (including phenoxy) is 1. The quantitative estimate of drug-likeness (QED) is 0.383. The largest absolute Gasteiger partial charge is 0.486 e. The lowest BCUT2D eigenvalue weighted by molar-refractivity contribution is -0.119. The number of halogens is 3. The Hall–Kier alpha value is -2.63. The highest BCUT2D eigenvalue weighted by molar-refractivity contribution is 6.37. The minimum atomic E-state index is -0.543. The van der Waals surface area contributed by atoms with Gasteiger partial charge in [0.15, 0.2) is 17.3 Å². The SMILES string of the molecule is CN1C2=C(C(=O)CC(C)(C)C2)C(c2cc(Cl)c(OCc3ccccc3F)c(Cl)c2)C2=C1CC(C)(C)CC2=O. The summed E-state index contributed by atoms with van der Waals surface area (Å²) in [5, 5.41) is 0.499. The molecule has 0 amide bonds. The van der Waals surface area contributed by atoms with Crippen molar-refractivity contribution in [2.75, 3.05) is 7.05 Å². The Labute approximate surface area is 233 Å².